The van der Waals surface area contributed by atoms with Crippen LogP contribution in [0.4, 0.5) is 0 Å². The van der Waals surface area contributed by atoms with Crippen molar-refractivity contribution >= 4 is 15.9 Å². The van der Waals surface area contributed by atoms with Crippen LogP contribution in [0.25, 0.3) is 0 Å². The summed E-state index contributed by atoms with van der Waals surface area (Å²) in [6.07, 6.45) is 4.97. The van der Waals surface area contributed by atoms with Gasteiger partial charge in [-0.05, 0) is 44.7 Å². The maximum absolute atomic E-state index is 9.16. The highest BCUT2D eigenvalue weighted by Crippen LogP contribution is 2.19. The van der Waals surface area contributed by atoms with E-state index in [1.165, 1.54) is 38.8 Å². The molecule has 1 saturated heterocycles. The molecule has 0 aromatic carbocycles. The molecule has 0 bridgehead atoms. The number of rotatable bonds is 6. The van der Waals surface area contributed by atoms with Crippen LogP contribution in [-0.4, -0.2) is 41.1 Å². The molecule has 0 aliphatic carbocycles. The van der Waals surface area contributed by atoms with Gasteiger partial charge in [0.2, 0.25) is 0 Å². The van der Waals surface area contributed by atoms with E-state index in [1.54, 1.807) is 0 Å². The van der Waals surface area contributed by atoms with Gasteiger partial charge in [0.05, 0.1) is 6.61 Å². The van der Waals surface area contributed by atoms with Gasteiger partial charge in [-0.2, -0.15) is 0 Å². The molecule has 1 heterocycles. The largest absolute Gasteiger partial charge is 0.395 e. The van der Waals surface area contributed by atoms with Gasteiger partial charge < -0.3 is 5.11 Å². The number of likely N-dealkylation sites (tertiary alicyclic amines) is 1. The molecular weight excluding hydrogens is 242 g/mol. The zero-order valence-electron chi connectivity index (χ0n) is 9.08. The molecule has 2 atom stereocenters. The Kier molecular flexibility index (Phi) is 6.06. The highest BCUT2D eigenvalue weighted by molar-refractivity contribution is 9.09. The Morgan fingerprint density at radius 3 is 2.93 bits per heavy atom. The van der Waals surface area contributed by atoms with Crippen LogP contribution < -0.4 is 0 Å². The standard InChI is InChI=1S/C11H22BrNO/c1-10(4-6-12)5-8-13-7-2-3-11(13)9-14/h10-11,14H,2-9H2,1H3. The molecule has 1 aliphatic rings. The Hall–Kier alpha value is 0.400. The minimum absolute atomic E-state index is 0.340. The van der Waals surface area contributed by atoms with Crippen molar-refractivity contribution in [2.75, 3.05) is 25.0 Å². The number of halogens is 1. The van der Waals surface area contributed by atoms with Crippen molar-refractivity contribution in [1.82, 2.24) is 4.90 Å². The lowest BCUT2D eigenvalue weighted by atomic mass is 10.0. The van der Waals surface area contributed by atoms with Crippen LogP contribution in [0.3, 0.4) is 0 Å². The van der Waals surface area contributed by atoms with Crippen LogP contribution in [0.2, 0.25) is 0 Å². The maximum Gasteiger partial charge on any atom is 0.0586 e. The van der Waals surface area contributed by atoms with Crippen LogP contribution in [-0.2, 0) is 0 Å². The van der Waals surface area contributed by atoms with Crippen molar-refractivity contribution in [2.45, 2.75) is 38.6 Å². The first-order chi connectivity index (χ1) is 6.77. The molecule has 14 heavy (non-hydrogen) atoms. The molecule has 0 spiro atoms. The Morgan fingerprint density at radius 1 is 1.50 bits per heavy atom. The molecule has 0 aromatic rings. The summed E-state index contributed by atoms with van der Waals surface area (Å²) in [5.41, 5.74) is 0. The van der Waals surface area contributed by atoms with E-state index in [0.717, 1.165) is 11.2 Å². The van der Waals surface area contributed by atoms with Crippen molar-refractivity contribution in [1.29, 1.82) is 0 Å². The molecule has 1 aliphatic heterocycles. The molecule has 2 unspecified atom stereocenters. The first-order valence-electron chi connectivity index (χ1n) is 5.68. The molecule has 3 heteroatoms. The summed E-state index contributed by atoms with van der Waals surface area (Å²) in [4.78, 5) is 2.45. The van der Waals surface area contributed by atoms with Gasteiger partial charge in [0.15, 0.2) is 0 Å². The van der Waals surface area contributed by atoms with Crippen molar-refractivity contribution in [2.24, 2.45) is 5.92 Å². The summed E-state index contributed by atoms with van der Waals surface area (Å²) < 4.78 is 0. The van der Waals surface area contributed by atoms with Crippen LogP contribution in [0, 0.1) is 5.92 Å². The normalized spacial score (nSPS) is 25.5. The lowest BCUT2D eigenvalue weighted by molar-refractivity contribution is 0.152. The molecular formula is C11H22BrNO. The van der Waals surface area contributed by atoms with Gasteiger partial charge in [0, 0.05) is 11.4 Å². The topological polar surface area (TPSA) is 23.5 Å². The summed E-state index contributed by atoms with van der Waals surface area (Å²) in [7, 11) is 0. The zero-order chi connectivity index (χ0) is 10.4. The smallest absolute Gasteiger partial charge is 0.0586 e. The molecule has 84 valence electrons. The average molecular weight is 264 g/mol. The molecule has 0 radical (unpaired) electrons. The minimum atomic E-state index is 0.340. The van der Waals surface area contributed by atoms with E-state index in [1.807, 2.05) is 0 Å². The van der Waals surface area contributed by atoms with Crippen molar-refractivity contribution in [3.8, 4) is 0 Å². The van der Waals surface area contributed by atoms with Crippen molar-refractivity contribution in [3.05, 3.63) is 0 Å². The third kappa shape index (κ3) is 3.87. The van der Waals surface area contributed by atoms with Gasteiger partial charge >= 0.3 is 0 Å². The van der Waals surface area contributed by atoms with E-state index < -0.39 is 0 Å². The highest BCUT2D eigenvalue weighted by atomic mass is 79.9. The Bertz CT molecular complexity index is 154. The number of nitrogens with zero attached hydrogens (tertiary/aromatic N) is 1. The lowest BCUT2D eigenvalue weighted by Gasteiger charge is -2.23. The number of aliphatic hydroxyl groups is 1. The summed E-state index contributed by atoms with van der Waals surface area (Å²) in [6.45, 7) is 5.00. The van der Waals surface area contributed by atoms with Gasteiger partial charge in [-0.15, -0.1) is 0 Å². The predicted octanol–water partition coefficient (Wildman–Crippen LogP) is 2.25. The second-order valence-corrected chi connectivity index (χ2v) is 5.18. The first kappa shape index (κ1) is 12.5. The predicted molar refractivity (Wildman–Crippen MR) is 63.9 cm³/mol. The van der Waals surface area contributed by atoms with Crippen LogP contribution in [0.15, 0.2) is 0 Å². The second kappa shape index (κ2) is 6.81. The highest BCUT2D eigenvalue weighted by Gasteiger charge is 2.23. The maximum atomic E-state index is 9.16. The van der Waals surface area contributed by atoms with E-state index in [2.05, 4.69) is 27.8 Å². The summed E-state index contributed by atoms with van der Waals surface area (Å²) in [5.74, 6) is 0.800. The Balaban J connectivity index is 2.16. The molecule has 2 nitrogen and oxygen atoms in total. The van der Waals surface area contributed by atoms with E-state index in [-0.39, 0.29) is 0 Å². The molecule has 0 amide bonds. The third-order valence-corrected chi connectivity index (χ3v) is 3.68. The van der Waals surface area contributed by atoms with Crippen LogP contribution >= 0.6 is 15.9 Å². The fraction of sp³-hybridized carbons (Fsp3) is 1.00. The van der Waals surface area contributed by atoms with Crippen LogP contribution in [0.5, 0.6) is 0 Å². The minimum Gasteiger partial charge on any atom is -0.395 e. The fourth-order valence-corrected chi connectivity index (χ4v) is 2.89. The van der Waals surface area contributed by atoms with Gasteiger partial charge in [0.1, 0.15) is 0 Å². The Labute approximate surface area is 95.8 Å². The van der Waals surface area contributed by atoms with Gasteiger partial charge in [0.25, 0.3) is 0 Å². The molecule has 1 rings (SSSR count). The Morgan fingerprint density at radius 2 is 2.29 bits per heavy atom. The number of hydrogen-bond donors (Lipinski definition) is 1. The summed E-state index contributed by atoms with van der Waals surface area (Å²) in [6, 6.07) is 0.450. The third-order valence-electron chi connectivity index (χ3n) is 3.22. The van der Waals surface area contributed by atoms with Gasteiger partial charge in [-0.3, -0.25) is 4.90 Å². The van der Waals surface area contributed by atoms with Gasteiger partial charge in [-0.1, -0.05) is 22.9 Å². The van der Waals surface area contributed by atoms with Crippen LogP contribution in [0.1, 0.15) is 32.6 Å². The lowest BCUT2D eigenvalue weighted by Crippen LogP contribution is -2.33. The van der Waals surface area contributed by atoms with Crippen molar-refractivity contribution < 1.29 is 5.11 Å². The summed E-state index contributed by atoms with van der Waals surface area (Å²) in [5, 5.41) is 10.3. The van der Waals surface area contributed by atoms with E-state index >= 15 is 0 Å². The zero-order valence-corrected chi connectivity index (χ0v) is 10.7. The van der Waals surface area contributed by atoms with Crippen molar-refractivity contribution in [3.63, 3.8) is 0 Å². The van der Waals surface area contributed by atoms with E-state index in [0.29, 0.717) is 12.6 Å². The summed E-state index contributed by atoms with van der Waals surface area (Å²) >= 11 is 3.48. The van der Waals surface area contributed by atoms with Gasteiger partial charge in [-0.25, -0.2) is 0 Å². The molecule has 1 N–H and O–H groups in total. The molecule has 0 aromatic heterocycles. The number of hydrogen-bond acceptors (Lipinski definition) is 2. The first-order valence-corrected chi connectivity index (χ1v) is 6.81. The number of aliphatic hydroxyl groups excluding tert-OH is 1. The molecule has 0 saturated carbocycles. The SMILES string of the molecule is CC(CCBr)CCN1CCCC1CO. The number of alkyl halides is 1. The average Bonchev–Trinajstić information content (AvgIpc) is 2.62. The fourth-order valence-electron chi connectivity index (χ4n) is 2.11. The molecule has 1 fully saturated rings. The quantitative estimate of drug-likeness (QED) is 0.744. The second-order valence-electron chi connectivity index (χ2n) is 4.39. The van der Waals surface area contributed by atoms with E-state index in [9.17, 15) is 0 Å². The monoisotopic (exact) mass is 263 g/mol. The van der Waals surface area contributed by atoms with E-state index in [4.69, 9.17) is 5.11 Å².